The van der Waals surface area contributed by atoms with Gasteiger partial charge in [0.05, 0.1) is 11.0 Å². The number of H-pyrrole nitrogens is 1. The highest BCUT2D eigenvalue weighted by molar-refractivity contribution is 6.08. The number of rotatable bonds is 6. The molecule has 8 heteroatoms. The summed E-state index contributed by atoms with van der Waals surface area (Å²) in [5.74, 6) is 0.322. The number of amides is 3. The summed E-state index contributed by atoms with van der Waals surface area (Å²) in [6, 6.07) is 25.0. The molecule has 0 aliphatic carbocycles. The number of nitrogens with one attached hydrogen (secondary N) is 3. The number of carbonyl (C=O) groups is 2. The Hall–Kier alpha value is -4.98. The molecule has 5 rings (SSSR count). The number of hydrogen-bond donors (Lipinski definition) is 3. The number of para-hydroxylation sites is 2. The van der Waals surface area contributed by atoms with Gasteiger partial charge in [0.2, 0.25) is 0 Å². The average molecular weight is 495 g/mol. The maximum Gasteiger partial charge on any atom is 0.326 e. The zero-order chi connectivity index (χ0) is 25.8. The number of imide groups is 1. The number of fused-ring (bicyclic) bond motifs is 1. The second kappa shape index (κ2) is 10.3. The number of urea groups is 1. The summed E-state index contributed by atoms with van der Waals surface area (Å²) in [5.41, 5.74) is 5.11. The quantitative estimate of drug-likeness (QED) is 0.261. The van der Waals surface area contributed by atoms with Gasteiger partial charge in [-0.15, -0.1) is 0 Å². The van der Waals surface area contributed by atoms with E-state index in [0.717, 1.165) is 22.2 Å². The SMILES string of the molecule is Cc1ccc(NC(=O)NC(=O)c2ccc(OCc3cccc(F)c3)cc2)cc1-c1nc2ccccc2[nH]1. The van der Waals surface area contributed by atoms with E-state index in [1.807, 2.05) is 43.3 Å². The van der Waals surface area contributed by atoms with Gasteiger partial charge in [0.1, 0.15) is 24.0 Å². The number of aryl methyl sites for hydroxylation is 1. The maximum atomic E-state index is 13.3. The van der Waals surface area contributed by atoms with Crippen molar-refractivity contribution in [2.75, 3.05) is 5.32 Å². The van der Waals surface area contributed by atoms with E-state index in [1.165, 1.54) is 12.1 Å². The van der Waals surface area contributed by atoms with Gasteiger partial charge in [-0.1, -0.05) is 30.3 Å². The van der Waals surface area contributed by atoms with Gasteiger partial charge in [-0.3, -0.25) is 10.1 Å². The number of halogens is 1. The van der Waals surface area contributed by atoms with Crippen molar-refractivity contribution in [3.63, 3.8) is 0 Å². The van der Waals surface area contributed by atoms with Crippen LogP contribution in [0, 0.1) is 12.7 Å². The number of ether oxygens (including phenoxy) is 1. The second-order valence-electron chi connectivity index (χ2n) is 8.48. The van der Waals surface area contributed by atoms with Gasteiger partial charge in [-0.2, -0.15) is 0 Å². The van der Waals surface area contributed by atoms with Gasteiger partial charge >= 0.3 is 6.03 Å². The van der Waals surface area contributed by atoms with E-state index in [1.54, 1.807) is 42.5 Å². The predicted molar refractivity (Wildman–Crippen MR) is 140 cm³/mol. The number of benzene rings is 4. The maximum absolute atomic E-state index is 13.3. The molecule has 0 bridgehead atoms. The highest BCUT2D eigenvalue weighted by atomic mass is 19.1. The number of aromatic nitrogens is 2. The summed E-state index contributed by atoms with van der Waals surface area (Å²) in [7, 11) is 0. The average Bonchev–Trinajstić information content (AvgIpc) is 3.33. The molecule has 0 aliphatic rings. The van der Waals surface area contributed by atoms with E-state index in [9.17, 15) is 14.0 Å². The van der Waals surface area contributed by atoms with Crippen molar-refractivity contribution in [3.8, 4) is 17.1 Å². The van der Waals surface area contributed by atoms with Crippen molar-refractivity contribution in [2.24, 2.45) is 0 Å². The number of imidazole rings is 1. The fourth-order valence-electron chi connectivity index (χ4n) is 3.87. The third-order valence-corrected chi connectivity index (χ3v) is 5.78. The largest absolute Gasteiger partial charge is 0.489 e. The Morgan fingerprint density at radius 2 is 1.76 bits per heavy atom. The fraction of sp³-hybridized carbons (Fsp3) is 0.0690. The standard InChI is InChI=1S/C29H23FN4O3/c1-18-9-12-22(16-24(18)27-32-25-7-2-3-8-26(25)33-27)31-29(36)34-28(35)20-10-13-23(14-11-20)37-17-19-5-4-6-21(30)15-19/h2-16H,17H2,1H3,(H,32,33)(H2,31,34,35,36). The summed E-state index contributed by atoms with van der Waals surface area (Å²) < 4.78 is 18.9. The van der Waals surface area contributed by atoms with E-state index in [0.29, 0.717) is 28.4 Å². The van der Waals surface area contributed by atoms with Gasteiger partial charge in [0, 0.05) is 16.8 Å². The number of anilines is 1. The van der Waals surface area contributed by atoms with E-state index >= 15 is 0 Å². The summed E-state index contributed by atoms with van der Waals surface area (Å²) in [6.07, 6.45) is 0. The Morgan fingerprint density at radius 1 is 0.946 bits per heavy atom. The smallest absolute Gasteiger partial charge is 0.326 e. The normalized spacial score (nSPS) is 10.8. The number of aromatic amines is 1. The lowest BCUT2D eigenvalue weighted by atomic mass is 10.1. The first-order chi connectivity index (χ1) is 17.9. The molecule has 0 aliphatic heterocycles. The molecular formula is C29H23FN4O3. The number of hydrogen-bond acceptors (Lipinski definition) is 4. The zero-order valence-corrected chi connectivity index (χ0v) is 19.9. The highest BCUT2D eigenvalue weighted by Gasteiger charge is 2.13. The molecule has 7 nitrogen and oxygen atoms in total. The van der Waals surface area contributed by atoms with Crippen molar-refractivity contribution < 1.29 is 18.7 Å². The van der Waals surface area contributed by atoms with Crippen molar-refractivity contribution in [1.82, 2.24) is 15.3 Å². The molecule has 3 N–H and O–H groups in total. The monoisotopic (exact) mass is 494 g/mol. The van der Waals surface area contributed by atoms with Crippen molar-refractivity contribution in [3.05, 3.63) is 114 Å². The van der Waals surface area contributed by atoms with E-state index < -0.39 is 11.9 Å². The van der Waals surface area contributed by atoms with Crippen molar-refractivity contribution in [1.29, 1.82) is 0 Å². The number of carbonyl (C=O) groups excluding carboxylic acids is 2. The minimum Gasteiger partial charge on any atom is -0.489 e. The first kappa shape index (κ1) is 23.7. The highest BCUT2D eigenvalue weighted by Crippen LogP contribution is 2.26. The van der Waals surface area contributed by atoms with Gasteiger partial charge in [-0.25, -0.2) is 14.2 Å². The number of nitrogens with zero attached hydrogens (tertiary/aromatic N) is 1. The van der Waals surface area contributed by atoms with Crippen LogP contribution in [-0.2, 0) is 6.61 Å². The lowest BCUT2D eigenvalue weighted by Crippen LogP contribution is -2.34. The van der Waals surface area contributed by atoms with Gasteiger partial charge in [-0.05, 0) is 78.7 Å². The third-order valence-electron chi connectivity index (χ3n) is 5.78. The molecule has 3 amide bonds. The van der Waals surface area contributed by atoms with Crippen LogP contribution in [0.15, 0.2) is 91.0 Å². The Balaban J connectivity index is 1.20. The van der Waals surface area contributed by atoms with Gasteiger partial charge in [0.15, 0.2) is 0 Å². The topological polar surface area (TPSA) is 96.1 Å². The third kappa shape index (κ3) is 5.65. The molecule has 0 saturated carbocycles. The lowest BCUT2D eigenvalue weighted by molar-refractivity contribution is 0.0967. The molecule has 0 unspecified atom stereocenters. The fourth-order valence-corrected chi connectivity index (χ4v) is 3.87. The molecule has 5 aromatic rings. The van der Waals surface area contributed by atoms with E-state index in [-0.39, 0.29) is 12.4 Å². The van der Waals surface area contributed by atoms with Gasteiger partial charge in [0.25, 0.3) is 5.91 Å². The van der Waals surface area contributed by atoms with E-state index in [2.05, 4.69) is 20.6 Å². The Bertz CT molecular complexity index is 1560. The molecule has 0 radical (unpaired) electrons. The van der Waals surface area contributed by atoms with Crippen molar-refractivity contribution >= 4 is 28.7 Å². The Labute approximate surface area is 212 Å². The van der Waals surface area contributed by atoms with E-state index in [4.69, 9.17) is 4.74 Å². The summed E-state index contributed by atoms with van der Waals surface area (Å²) in [4.78, 5) is 33.0. The molecule has 0 atom stereocenters. The summed E-state index contributed by atoms with van der Waals surface area (Å²) in [5, 5.41) is 5.03. The van der Waals surface area contributed by atoms with Crippen LogP contribution in [0.3, 0.4) is 0 Å². The van der Waals surface area contributed by atoms with Crippen LogP contribution in [0.25, 0.3) is 22.4 Å². The lowest BCUT2D eigenvalue weighted by Gasteiger charge is -2.10. The predicted octanol–water partition coefficient (Wildman–Crippen LogP) is 6.22. The van der Waals surface area contributed by atoms with Crippen LogP contribution < -0.4 is 15.4 Å². The summed E-state index contributed by atoms with van der Waals surface area (Å²) in [6.45, 7) is 2.15. The van der Waals surface area contributed by atoms with Crippen LogP contribution in [0.2, 0.25) is 0 Å². The first-order valence-corrected chi connectivity index (χ1v) is 11.6. The first-order valence-electron chi connectivity index (χ1n) is 11.6. The van der Waals surface area contributed by atoms with Crippen LogP contribution in [0.4, 0.5) is 14.9 Å². The molecule has 37 heavy (non-hydrogen) atoms. The molecule has 4 aromatic carbocycles. The summed E-state index contributed by atoms with van der Waals surface area (Å²) >= 11 is 0. The van der Waals surface area contributed by atoms with Crippen LogP contribution >= 0.6 is 0 Å². The minimum atomic E-state index is -0.657. The van der Waals surface area contributed by atoms with Crippen LogP contribution in [-0.4, -0.2) is 21.9 Å². The molecule has 1 aromatic heterocycles. The molecule has 1 heterocycles. The molecule has 0 spiro atoms. The molecule has 184 valence electrons. The van der Waals surface area contributed by atoms with Gasteiger partial charge < -0.3 is 15.0 Å². The van der Waals surface area contributed by atoms with Crippen molar-refractivity contribution in [2.45, 2.75) is 13.5 Å². The minimum absolute atomic E-state index is 0.193. The zero-order valence-electron chi connectivity index (χ0n) is 19.9. The molecule has 0 saturated heterocycles. The Morgan fingerprint density at radius 3 is 2.54 bits per heavy atom. The second-order valence-corrected chi connectivity index (χ2v) is 8.48. The van der Waals surface area contributed by atoms with Crippen LogP contribution in [0.5, 0.6) is 5.75 Å². The molecule has 0 fully saturated rings. The van der Waals surface area contributed by atoms with Crippen LogP contribution in [0.1, 0.15) is 21.5 Å². The Kier molecular flexibility index (Phi) is 6.63. The molecular weight excluding hydrogens is 471 g/mol.